The van der Waals surface area contributed by atoms with Gasteiger partial charge < -0.3 is 15.4 Å². The van der Waals surface area contributed by atoms with Gasteiger partial charge in [-0.05, 0) is 31.9 Å². The van der Waals surface area contributed by atoms with Crippen LogP contribution in [0.2, 0.25) is 0 Å². The van der Waals surface area contributed by atoms with Crippen LogP contribution in [0.3, 0.4) is 0 Å². The fraction of sp³-hybridized carbons (Fsp3) is 0.533. The van der Waals surface area contributed by atoms with E-state index in [1.165, 1.54) is 11.3 Å². The molecule has 1 unspecified atom stereocenters. The van der Waals surface area contributed by atoms with Crippen LogP contribution in [0.5, 0.6) is 0 Å². The first-order chi connectivity index (χ1) is 9.74. The van der Waals surface area contributed by atoms with Crippen molar-refractivity contribution in [2.75, 3.05) is 26.2 Å². The Labute approximate surface area is 123 Å². The molecule has 1 aliphatic heterocycles. The standard InChI is InChI=1S/C15H20N2O2S/c1-2-19-12-5-4-10-17(11-12)15(18)14-8-7-13(20-14)6-3-9-16/h7-8,12H,2,4-5,9-11,16H2,1H3. The van der Waals surface area contributed by atoms with Gasteiger partial charge in [0.2, 0.25) is 0 Å². The second kappa shape index (κ2) is 7.44. The van der Waals surface area contributed by atoms with Crippen LogP contribution >= 0.6 is 11.3 Å². The summed E-state index contributed by atoms with van der Waals surface area (Å²) in [5.74, 6) is 5.85. The number of nitrogens with zero attached hydrogens (tertiary/aromatic N) is 1. The van der Waals surface area contributed by atoms with Crippen molar-refractivity contribution in [2.45, 2.75) is 25.9 Å². The number of nitrogens with two attached hydrogens (primary N) is 1. The van der Waals surface area contributed by atoms with Crippen molar-refractivity contribution < 1.29 is 9.53 Å². The zero-order chi connectivity index (χ0) is 14.4. The Morgan fingerprint density at radius 3 is 3.20 bits per heavy atom. The largest absolute Gasteiger partial charge is 0.377 e. The van der Waals surface area contributed by atoms with Crippen LogP contribution < -0.4 is 5.73 Å². The maximum atomic E-state index is 12.4. The Morgan fingerprint density at radius 1 is 1.60 bits per heavy atom. The highest BCUT2D eigenvalue weighted by Gasteiger charge is 2.25. The Kier molecular flexibility index (Phi) is 5.60. The third kappa shape index (κ3) is 3.83. The highest BCUT2D eigenvalue weighted by molar-refractivity contribution is 7.14. The van der Waals surface area contributed by atoms with Gasteiger partial charge in [-0.25, -0.2) is 0 Å². The van der Waals surface area contributed by atoms with Crippen molar-refractivity contribution in [3.63, 3.8) is 0 Å². The van der Waals surface area contributed by atoms with Gasteiger partial charge in [-0.3, -0.25) is 4.79 Å². The smallest absolute Gasteiger partial charge is 0.264 e. The van der Waals surface area contributed by atoms with Gasteiger partial charge in [-0.1, -0.05) is 11.8 Å². The lowest BCUT2D eigenvalue weighted by molar-refractivity contribution is 0.00742. The number of thiophene rings is 1. The van der Waals surface area contributed by atoms with E-state index in [1.807, 2.05) is 24.0 Å². The third-order valence-corrected chi connectivity index (χ3v) is 4.19. The van der Waals surface area contributed by atoms with Crippen molar-refractivity contribution in [1.82, 2.24) is 4.90 Å². The fourth-order valence-electron chi connectivity index (χ4n) is 2.31. The van der Waals surface area contributed by atoms with Crippen LogP contribution in [0.25, 0.3) is 0 Å². The SMILES string of the molecule is CCOC1CCCN(C(=O)c2ccc(C#CCN)s2)C1. The molecule has 108 valence electrons. The van der Waals surface area contributed by atoms with Crippen molar-refractivity contribution in [3.8, 4) is 11.8 Å². The quantitative estimate of drug-likeness (QED) is 0.863. The summed E-state index contributed by atoms with van der Waals surface area (Å²) in [6, 6.07) is 3.72. The number of likely N-dealkylation sites (tertiary alicyclic amines) is 1. The highest BCUT2D eigenvalue weighted by Crippen LogP contribution is 2.21. The second-order valence-corrected chi connectivity index (χ2v) is 5.72. The van der Waals surface area contributed by atoms with Crippen molar-refractivity contribution >= 4 is 17.2 Å². The van der Waals surface area contributed by atoms with Gasteiger partial charge in [-0.2, -0.15) is 0 Å². The molecule has 20 heavy (non-hydrogen) atoms. The number of hydrogen-bond donors (Lipinski definition) is 1. The molecule has 2 rings (SSSR count). The molecule has 0 aromatic carbocycles. The third-order valence-electron chi connectivity index (χ3n) is 3.20. The summed E-state index contributed by atoms with van der Waals surface area (Å²) in [6.07, 6.45) is 2.21. The van der Waals surface area contributed by atoms with E-state index in [2.05, 4.69) is 11.8 Å². The van der Waals surface area contributed by atoms with Crippen LogP contribution in [0.1, 0.15) is 34.3 Å². The van der Waals surface area contributed by atoms with Crippen molar-refractivity contribution in [1.29, 1.82) is 0 Å². The summed E-state index contributed by atoms with van der Waals surface area (Å²) in [5.41, 5.74) is 5.35. The molecule has 1 aromatic rings. The molecule has 0 saturated carbocycles. The first-order valence-electron chi connectivity index (χ1n) is 6.94. The number of rotatable bonds is 3. The molecular formula is C15H20N2O2S. The van der Waals surface area contributed by atoms with Gasteiger partial charge in [0.1, 0.15) is 0 Å². The van der Waals surface area contributed by atoms with E-state index in [9.17, 15) is 4.79 Å². The summed E-state index contributed by atoms with van der Waals surface area (Å²) >= 11 is 1.43. The molecule has 1 amide bonds. The lowest BCUT2D eigenvalue weighted by Crippen LogP contribution is -2.43. The molecule has 4 nitrogen and oxygen atoms in total. The molecule has 5 heteroatoms. The molecule has 1 aromatic heterocycles. The number of carbonyl (C=O) groups is 1. The summed E-state index contributed by atoms with van der Waals surface area (Å²) < 4.78 is 5.63. The predicted octanol–water partition coefficient (Wildman–Crippen LogP) is 1.70. The van der Waals surface area contributed by atoms with Crippen molar-refractivity contribution in [2.24, 2.45) is 5.73 Å². The molecular weight excluding hydrogens is 272 g/mol. The van der Waals surface area contributed by atoms with E-state index in [4.69, 9.17) is 10.5 Å². The van der Waals surface area contributed by atoms with Gasteiger partial charge >= 0.3 is 0 Å². The monoisotopic (exact) mass is 292 g/mol. The van der Waals surface area contributed by atoms with E-state index in [0.29, 0.717) is 19.7 Å². The van der Waals surface area contributed by atoms with E-state index in [0.717, 1.165) is 29.1 Å². The molecule has 1 aliphatic rings. The molecule has 0 radical (unpaired) electrons. The van der Waals surface area contributed by atoms with E-state index in [-0.39, 0.29) is 12.0 Å². The van der Waals surface area contributed by atoms with Gasteiger partial charge in [0.05, 0.1) is 22.4 Å². The Morgan fingerprint density at radius 2 is 2.45 bits per heavy atom. The Balaban J connectivity index is 2.01. The van der Waals surface area contributed by atoms with E-state index >= 15 is 0 Å². The zero-order valence-corrected chi connectivity index (χ0v) is 12.5. The molecule has 1 fully saturated rings. The lowest BCUT2D eigenvalue weighted by atomic mass is 10.1. The first-order valence-corrected chi connectivity index (χ1v) is 7.76. The number of ether oxygens (including phenoxy) is 1. The zero-order valence-electron chi connectivity index (χ0n) is 11.7. The number of carbonyl (C=O) groups excluding carboxylic acids is 1. The highest BCUT2D eigenvalue weighted by atomic mass is 32.1. The molecule has 0 spiro atoms. The molecule has 2 heterocycles. The minimum Gasteiger partial charge on any atom is -0.377 e. The topological polar surface area (TPSA) is 55.6 Å². The van der Waals surface area contributed by atoms with Crippen LogP contribution in [0, 0.1) is 11.8 Å². The van der Waals surface area contributed by atoms with Gasteiger partial charge in [-0.15, -0.1) is 11.3 Å². The normalized spacial score (nSPS) is 18.5. The summed E-state index contributed by atoms with van der Waals surface area (Å²) in [7, 11) is 0. The van der Waals surface area contributed by atoms with E-state index < -0.39 is 0 Å². The average Bonchev–Trinajstić information content (AvgIpc) is 2.94. The van der Waals surface area contributed by atoms with Gasteiger partial charge in [0, 0.05) is 19.7 Å². The lowest BCUT2D eigenvalue weighted by Gasteiger charge is -2.32. The minimum absolute atomic E-state index is 0.0835. The number of amides is 1. The predicted molar refractivity (Wildman–Crippen MR) is 80.8 cm³/mol. The summed E-state index contributed by atoms with van der Waals surface area (Å²) in [6.45, 7) is 4.52. The molecule has 0 bridgehead atoms. The summed E-state index contributed by atoms with van der Waals surface area (Å²) in [4.78, 5) is 16.0. The molecule has 2 N–H and O–H groups in total. The van der Waals surface area contributed by atoms with Crippen LogP contribution in [0.15, 0.2) is 12.1 Å². The van der Waals surface area contributed by atoms with Gasteiger partial charge in [0.25, 0.3) is 5.91 Å². The maximum Gasteiger partial charge on any atom is 0.264 e. The van der Waals surface area contributed by atoms with Crippen LogP contribution in [0.4, 0.5) is 0 Å². The Bertz CT molecular complexity index is 513. The minimum atomic E-state index is 0.0835. The summed E-state index contributed by atoms with van der Waals surface area (Å²) in [5, 5.41) is 0. The van der Waals surface area contributed by atoms with Gasteiger partial charge in [0.15, 0.2) is 0 Å². The molecule has 1 saturated heterocycles. The van der Waals surface area contributed by atoms with Crippen LogP contribution in [-0.4, -0.2) is 43.2 Å². The Hall–Kier alpha value is -1.35. The average molecular weight is 292 g/mol. The molecule has 0 aliphatic carbocycles. The number of hydrogen-bond acceptors (Lipinski definition) is 4. The number of piperidine rings is 1. The van der Waals surface area contributed by atoms with E-state index in [1.54, 1.807) is 0 Å². The first kappa shape index (κ1) is 15.0. The van der Waals surface area contributed by atoms with Crippen molar-refractivity contribution in [3.05, 3.63) is 21.9 Å². The molecule has 1 atom stereocenters. The van der Waals surface area contributed by atoms with Crippen LogP contribution in [-0.2, 0) is 4.74 Å². The maximum absolute atomic E-state index is 12.4. The fourth-order valence-corrected chi connectivity index (χ4v) is 3.16. The second-order valence-electron chi connectivity index (χ2n) is 4.64.